The number of carbonyl (C=O) groups is 3. The molecule has 0 saturated carbocycles. The number of carboxylic acid groups (broad SMARTS) is 2. The van der Waals surface area contributed by atoms with Crippen LogP contribution in [0.1, 0.15) is 31.6 Å². The van der Waals surface area contributed by atoms with Gasteiger partial charge in [-0.2, -0.15) is 0 Å². The topological polar surface area (TPSA) is 146 Å². The molecule has 0 fully saturated rings. The van der Waals surface area contributed by atoms with Crippen LogP contribution in [0.3, 0.4) is 0 Å². The van der Waals surface area contributed by atoms with Crippen LogP contribution in [-0.4, -0.2) is 49.0 Å². The van der Waals surface area contributed by atoms with Crippen LogP contribution in [0.25, 0.3) is 0 Å². The summed E-state index contributed by atoms with van der Waals surface area (Å²) in [6.07, 6.45) is 0.921. The maximum atomic E-state index is 11.7. The number of aliphatic carboxylic acids is 2. The fraction of sp³-hybridized carbons (Fsp3) is 0.545. The first-order valence-electron chi connectivity index (χ1n) is 6.16. The second kappa shape index (κ2) is 7.22. The van der Waals surface area contributed by atoms with E-state index in [1.807, 2.05) is 0 Å². The highest BCUT2D eigenvalue weighted by atomic mass is 16.4. The molecule has 1 unspecified atom stereocenters. The summed E-state index contributed by atoms with van der Waals surface area (Å²) in [4.78, 5) is 33.1. The SMILES string of the molecule is CC(NC(=O)N[C@@H](CCC(=O)O)C(=O)O)c1nncn1C. The fourth-order valence-electron chi connectivity index (χ4n) is 1.67. The molecule has 0 radical (unpaired) electrons. The van der Waals surface area contributed by atoms with E-state index in [-0.39, 0.29) is 12.8 Å². The van der Waals surface area contributed by atoms with Crippen molar-refractivity contribution in [1.82, 2.24) is 25.4 Å². The van der Waals surface area contributed by atoms with Gasteiger partial charge in [-0.25, -0.2) is 9.59 Å². The van der Waals surface area contributed by atoms with E-state index in [1.54, 1.807) is 18.5 Å². The molecule has 2 atom stereocenters. The molecule has 0 aliphatic carbocycles. The minimum absolute atomic E-state index is 0.198. The largest absolute Gasteiger partial charge is 0.481 e. The van der Waals surface area contributed by atoms with Crippen molar-refractivity contribution in [3.8, 4) is 0 Å². The molecule has 1 heterocycles. The average molecular weight is 299 g/mol. The average Bonchev–Trinajstić information content (AvgIpc) is 2.80. The van der Waals surface area contributed by atoms with Crippen LogP contribution < -0.4 is 10.6 Å². The summed E-state index contributed by atoms with van der Waals surface area (Å²) in [6.45, 7) is 1.66. The smallest absolute Gasteiger partial charge is 0.326 e. The summed E-state index contributed by atoms with van der Waals surface area (Å²) in [5.41, 5.74) is 0. The zero-order valence-electron chi connectivity index (χ0n) is 11.6. The van der Waals surface area contributed by atoms with E-state index >= 15 is 0 Å². The number of carbonyl (C=O) groups excluding carboxylic acids is 1. The summed E-state index contributed by atoms with van der Waals surface area (Å²) in [6, 6.07) is -2.47. The molecule has 0 spiro atoms. The third-order valence-electron chi connectivity index (χ3n) is 2.73. The predicted molar refractivity (Wildman–Crippen MR) is 69.4 cm³/mol. The van der Waals surface area contributed by atoms with Crippen LogP contribution in [0.5, 0.6) is 0 Å². The first kappa shape index (κ1) is 16.4. The molecule has 1 rings (SSSR count). The highest BCUT2D eigenvalue weighted by Crippen LogP contribution is 2.07. The first-order chi connectivity index (χ1) is 9.81. The molecule has 4 N–H and O–H groups in total. The lowest BCUT2D eigenvalue weighted by atomic mass is 10.1. The summed E-state index contributed by atoms with van der Waals surface area (Å²) in [5.74, 6) is -1.92. The number of aryl methyl sites for hydroxylation is 1. The summed E-state index contributed by atoms with van der Waals surface area (Å²) < 4.78 is 1.62. The van der Waals surface area contributed by atoms with Gasteiger partial charge in [-0.3, -0.25) is 4.79 Å². The Labute approximate surface area is 120 Å². The molecule has 0 aliphatic rings. The lowest BCUT2D eigenvalue weighted by molar-refractivity contribution is -0.140. The van der Waals surface area contributed by atoms with E-state index in [4.69, 9.17) is 10.2 Å². The molecule has 0 aromatic carbocycles. The van der Waals surface area contributed by atoms with Crippen molar-refractivity contribution >= 4 is 18.0 Å². The van der Waals surface area contributed by atoms with Crippen LogP contribution in [0.4, 0.5) is 4.79 Å². The van der Waals surface area contributed by atoms with Gasteiger partial charge in [-0.05, 0) is 13.3 Å². The Kier molecular flexibility index (Phi) is 5.64. The Morgan fingerprint density at radius 3 is 2.48 bits per heavy atom. The van der Waals surface area contributed by atoms with Gasteiger partial charge in [0.25, 0.3) is 0 Å². The third kappa shape index (κ3) is 5.09. The van der Waals surface area contributed by atoms with Crippen LogP contribution in [0.15, 0.2) is 6.33 Å². The van der Waals surface area contributed by atoms with E-state index in [9.17, 15) is 14.4 Å². The molecule has 116 valence electrons. The lowest BCUT2D eigenvalue weighted by Gasteiger charge is -2.17. The number of nitrogens with one attached hydrogen (secondary N) is 2. The van der Waals surface area contributed by atoms with E-state index in [2.05, 4.69) is 20.8 Å². The Morgan fingerprint density at radius 2 is 2.00 bits per heavy atom. The minimum Gasteiger partial charge on any atom is -0.481 e. The van der Waals surface area contributed by atoms with Gasteiger partial charge in [-0.1, -0.05) is 0 Å². The zero-order valence-corrected chi connectivity index (χ0v) is 11.6. The zero-order chi connectivity index (χ0) is 16.0. The van der Waals surface area contributed by atoms with Crippen LogP contribution >= 0.6 is 0 Å². The Morgan fingerprint density at radius 1 is 1.33 bits per heavy atom. The number of aromatic nitrogens is 3. The van der Waals surface area contributed by atoms with Gasteiger partial charge >= 0.3 is 18.0 Å². The molecular formula is C11H17N5O5. The van der Waals surface area contributed by atoms with Crippen LogP contribution in [0.2, 0.25) is 0 Å². The summed E-state index contributed by atoms with van der Waals surface area (Å²) in [5, 5.41) is 29.7. The lowest BCUT2D eigenvalue weighted by Crippen LogP contribution is -2.47. The third-order valence-corrected chi connectivity index (χ3v) is 2.73. The predicted octanol–water partition coefficient (Wildman–Crippen LogP) is -0.507. The Hall–Kier alpha value is -2.65. The normalized spacial score (nSPS) is 13.2. The molecular weight excluding hydrogens is 282 g/mol. The van der Waals surface area contributed by atoms with Crippen LogP contribution in [-0.2, 0) is 16.6 Å². The van der Waals surface area contributed by atoms with Crippen molar-refractivity contribution < 1.29 is 24.6 Å². The van der Waals surface area contributed by atoms with Crippen molar-refractivity contribution in [2.24, 2.45) is 7.05 Å². The van der Waals surface area contributed by atoms with Gasteiger partial charge in [0.05, 0.1) is 6.04 Å². The quantitative estimate of drug-likeness (QED) is 0.530. The van der Waals surface area contributed by atoms with E-state index in [0.717, 1.165) is 0 Å². The van der Waals surface area contributed by atoms with Crippen LogP contribution in [0, 0.1) is 0 Å². The van der Waals surface area contributed by atoms with E-state index < -0.39 is 30.1 Å². The monoisotopic (exact) mass is 299 g/mol. The maximum Gasteiger partial charge on any atom is 0.326 e. The first-order valence-corrected chi connectivity index (χ1v) is 6.16. The highest BCUT2D eigenvalue weighted by molar-refractivity contribution is 5.83. The minimum atomic E-state index is -1.29. The van der Waals surface area contributed by atoms with Crippen molar-refractivity contribution in [3.63, 3.8) is 0 Å². The van der Waals surface area contributed by atoms with Crippen molar-refractivity contribution in [2.45, 2.75) is 31.8 Å². The van der Waals surface area contributed by atoms with Gasteiger partial charge < -0.3 is 25.4 Å². The van der Waals surface area contributed by atoms with E-state index in [0.29, 0.717) is 5.82 Å². The number of carboxylic acids is 2. The number of urea groups is 1. The fourth-order valence-corrected chi connectivity index (χ4v) is 1.67. The molecule has 1 aromatic heterocycles. The maximum absolute atomic E-state index is 11.7. The molecule has 2 amide bonds. The Bertz CT molecular complexity index is 529. The molecule has 0 aliphatic heterocycles. The summed E-state index contributed by atoms with van der Waals surface area (Å²) in [7, 11) is 1.71. The second-order valence-corrected chi connectivity index (χ2v) is 4.46. The van der Waals surface area contributed by atoms with Gasteiger partial charge in [0.1, 0.15) is 12.4 Å². The Balaban J connectivity index is 2.56. The molecule has 10 heteroatoms. The van der Waals surface area contributed by atoms with Crippen molar-refractivity contribution in [1.29, 1.82) is 0 Å². The van der Waals surface area contributed by atoms with Gasteiger partial charge in [0.15, 0.2) is 5.82 Å². The molecule has 21 heavy (non-hydrogen) atoms. The highest BCUT2D eigenvalue weighted by Gasteiger charge is 2.22. The van der Waals surface area contributed by atoms with E-state index in [1.165, 1.54) is 6.33 Å². The second-order valence-electron chi connectivity index (χ2n) is 4.46. The number of hydrogen-bond donors (Lipinski definition) is 4. The number of rotatable bonds is 7. The molecule has 0 bridgehead atoms. The van der Waals surface area contributed by atoms with Gasteiger partial charge in [-0.15, -0.1) is 10.2 Å². The van der Waals surface area contributed by atoms with Gasteiger partial charge in [0, 0.05) is 13.5 Å². The molecule has 10 nitrogen and oxygen atoms in total. The molecule has 0 saturated heterocycles. The van der Waals surface area contributed by atoms with Gasteiger partial charge in [0.2, 0.25) is 0 Å². The molecule has 1 aromatic rings. The van der Waals surface area contributed by atoms with Crippen molar-refractivity contribution in [2.75, 3.05) is 0 Å². The standard InChI is InChI=1S/C11H17N5O5/c1-6(9-15-12-5-16(9)2)13-11(21)14-7(10(19)20)3-4-8(17)18/h5-7H,3-4H2,1-2H3,(H,17,18)(H,19,20)(H2,13,14,21)/t6?,7-/m0/s1. The number of hydrogen-bond acceptors (Lipinski definition) is 5. The van der Waals surface area contributed by atoms with Crippen molar-refractivity contribution in [3.05, 3.63) is 12.2 Å². The number of nitrogens with zero attached hydrogens (tertiary/aromatic N) is 3. The number of amides is 2. The summed E-state index contributed by atoms with van der Waals surface area (Å²) >= 11 is 0.